The predicted octanol–water partition coefficient (Wildman–Crippen LogP) is 4.05. The summed E-state index contributed by atoms with van der Waals surface area (Å²) in [6, 6.07) is 11.8. The first-order valence-electron chi connectivity index (χ1n) is 12.4. The van der Waals surface area contributed by atoms with Crippen molar-refractivity contribution in [3.63, 3.8) is 0 Å². The highest BCUT2D eigenvalue weighted by atomic mass is 32.2. The molecule has 1 amide bonds. The minimum absolute atomic E-state index is 0.143. The smallest absolute Gasteiger partial charge is 0.230 e. The van der Waals surface area contributed by atoms with Gasteiger partial charge in [0.1, 0.15) is 5.82 Å². The number of rotatable bonds is 8. The molecule has 192 valence electrons. The first-order valence-corrected chi connectivity index (χ1v) is 13.8. The zero-order valence-electron chi connectivity index (χ0n) is 21.3. The summed E-state index contributed by atoms with van der Waals surface area (Å²) in [6.45, 7) is 6.59. The maximum absolute atomic E-state index is 12.6. The summed E-state index contributed by atoms with van der Waals surface area (Å²) >= 11 is 1.76. The molecule has 0 saturated carbocycles. The molecule has 1 N–H and O–H groups in total. The number of nitrogens with zero attached hydrogens (tertiary/aromatic N) is 6. The van der Waals surface area contributed by atoms with Gasteiger partial charge in [0.25, 0.3) is 0 Å². The summed E-state index contributed by atoms with van der Waals surface area (Å²) in [5, 5.41) is 8.10. The number of aromatic nitrogens is 5. The summed E-state index contributed by atoms with van der Waals surface area (Å²) in [6.07, 6.45) is 7.79. The lowest BCUT2D eigenvalue weighted by Crippen LogP contribution is -2.45. The molecule has 0 spiro atoms. The summed E-state index contributed by atoms with van der Waals surface area (Å²) in [4.78, 5) is 29.1. The van der Waals surface area contributed by atoms with Gasteiger partial charge >= 0.3 is 0 Å². The van der Waals surface area contributed by atoms with Crippen molar-refractivity contribution in [2.24, 2.45) is 0 Å². The van der Waals surface area contributed by atoms with Crippen LogP contribution in [-0.4, -0.2) is 67.9 Å². The van der Waals surface area contributed by atoms with E-state index in [9.17, 15) is 4.79 Å². The molecule has 2 unspecified atom stereocenters. The van der Waals surface area contributed by atoms with Gasteiger partial charge in [-0.05, 0) is 50.4 Å². The Bertz CT molecular complexity index is 1380. The van der Waals surface area contributed by atoms with Gasteiger partial charge in [0.15, 0.2) is 0 Å². The van der Waals surface area contributed by atoms with Crippen molar-refractivity contribution in [1.82, 2.24) is 24.7 Å². The second-order valence-electron chi connectivity index (χ2n) is 9.32. The van der Waals surface area contributed by atoms with Crippen LogP contribution in [0.1, 0.15) is 19.5 Å². The van der Waals surface area contributed by atoms with Gasteiger partial charge in [-0.1, -0.05) is 6.07 Å². The van der Waals surface area contributed by atoms with Crippen molar-refractivity contribution in [2.75, 3.05) is 35.3 Å². The molecule has 2 atom stereocenters. The zero-order valence-corrected chi connectivity index (χ0v) is 22.1. The van der Waals surface area contributed by atoms with Gasteiger partial charge in [-0.25, -0.2) is 9.97 Å². The minimum atomic E-state index is -0.143. The molecule has 9 nitrogen and oxygen atoms in total. The fourth-order valence-electron chi connectivity index (χ4n) is 4.51. The second kappa shape index (κ2) is 11.3. The third-order valence-corrected chi connectivity index (χ3v) is 6.74. The van der Waals surface area contributed by atoms with Gasteiger partial charge < -0.3 is 15.0 Å². The Morgan fingerprint density at radius 2 is 1.92 bits per heavy atom. The maximum Gasteiger partial charge on any atom is 0.230 e. The Labute approximate surface area is 220 Å². The van der Waals surface area contributed by atoms with E-state index >= 15 is 0 Å². The SMILES string of the molecule is CSCCn1cc(NC(=O)Cc2cc3nc(-c4cccc(N5CC(C)OC(C)C5)n4)ccc3cn2)cn1. The van der Waals surface area contributed by atoms with Crippen LogP contribution in [-0.2, 0) is 22.5 Å². The third kappa shape index (κ3) is 6.26. The first-order chi connectivity index (χ1) is 18.0. The molecule has 1 aliphatic rings. The van der Waals surface area contributed by atoms with Gasteiger partial charge in [0.2, 0.25) is 5.91 Å². The number of fused-ring (bicyclic) bond motifs is 1. The lowest BCUT2D eigenvalue weighted by Gasteiger charge is -2.36. The Hall–Kier alpha value is -3.50. The molecule has 10 heteroatoms. The quantitative estimate of drug-likeness (QED) is 0.374. The van der Waals surface area contributed by atoms with E-state index in [1.54, 1.807) is 24.2 Å². The van der Waals surface area contributed by atoms with Crippen LogP contribution < -0.4 is 10.2 Å². The molecule has 1 fully saturated rings. The minimum Gasteiger partial charge on any atom is -0.372 e. The van der Waals surface area contributed by atoms with Gasteiger partial charge in [-0.15, -0.1) is 0 Å². The molecule has 0 radical (unpaired) electrons. The highest BCUT2D eigenvalue weighted by Gasteiger charge is 2.23. The van der Waals surface area contributed by atoms with Gasteiger partial charge in [-0.3, -0.25) is 14.5 Å². The van der Waals surface area contributed by atoms with Crippen molar-refractivity contribution in [1.29, 1.82) is 0 Å². The molecular weight excluding hydrogens is 486 g/mol. The molecule has 5 heterocycles. The molecule has 1 saturated heterocycles. The highest BCUT2D eigenvalue weighted by Crippen LogP contribution is 2.24. The van der Waals surface area contributed by atoms with Crippen LogP contribution in [0.25, 0.3) is 22.3 Å². The van der Waals surface area contributed by atoms with Crippen LogP contribution in [0, 0.1) is 0 Å². The Kier molecular flexibility index (Phi) is 7.66. The number of carbonyl (C=O) groups excluding carboxylic acids is 1. The van der Waals surface area contributed by atoms with Gasteiger partial charge in [-0.2, -0.15) is 16.9 Å². The van der Waals surface area contributed by atoms with E-state index in [2.05, 4.69) is 40.4 Å². The van der Waals surface area contributed by atoms with Crippen molar-refractivity contribution in [2.45, 2.75) is 39.0 Å². The molecule has 0 bridgehead atoms. The number of pyridine rings is 3. The van der Waals surface area contributed by atoms with Gasteiger partial charge in [0.05, 0.1) is 59.7 Å². The number of thioether (sulfide) groups is 1. The number of aryl methyl sites for hydroxylation is 1. The number of ether oxygens (including phenoxy) is 1. The first kappa shape index (κ1) is 25.2. The molecule has 4 aromatic heterocycles. The normalized spacial score (nSPS) is 17.8. The topological polar surface area (TPSA) is 98.1 Å². The zero-order chi connectivity index (χ0) is 25.8. The average Bonchev–Trinajstić information content (AvgIpc) is 3.33. The molecule has 5 rings (SSSR count). The number of anilines is 2. The van der Waals surface area contributed by atoms with Crippen molar-refractivity contribution >= 4 is 40.1 Å². The number of carbonyl (C=O) groups is 1. The highest BCUT2D eigenvalue weighted by molar-refractivity contribution is 7.98. The van der Waals surface area contributed by atoms with E-state index in [0.717, 1.165) is 53.5 Å². The Balaban J connectivity index is 1.31. The van der Waals surface area contributed by atoms with E-state index in [1.807, 2.05) is 47.3 Å². The van der Waals surface area contributed by atoms with Crippen LogP contribution >= 0.6 is 11.8 Å². The summed E-state index contributed by atoms with van der Waals surface area (Å²) in [7, 11) is 0. The number of amides is 1. The lowest BCUT2D eigenvalue weighted by molar-refractivity contribution is -0.115. The summed E-state index contributed by atoms with van der Waals surface area (Å²) < 4.78 is 7.70. The Morgan fingerprint density at radius 3 is 2.73 bits per heavy atom. The van der Waals surface area contributed by atoms with E-state index < -0.39 is 0 Å². The van der Waals surface area contributed by atoms with Crippen LogP contribution in [0.3, 0.4) is 0 Å². The lowest BCUT2D eigenvalue weighted by atomic mass is 10.1. The van der Waals surface area contributed by atoms with Crippen LogP contribution in [0.2, 0.25) is 0 Å². The van der Waals surface area contributed by atoms with E-state index in [0.29, 0.717) is 11.4 Å². The second-order valence-corrected chi connectivity index (χ2v) is 10.3. The number of hydrogen-bond acceptors (Lipinski definition) is 8. The van der Waals surface area contributed by atoms with Crippen LogP contribution in [0.5, 0.6) is 0 Å². The van der Waals surface area contributed by atoms with E-state index in [4.69, 9.17) is 14.7 Å². The standard InChI is InChI=1S/C27H31N7O2S/c1-18-15-33(16-19(2)36-18)26-6-4-5-23(32-26)24-8-7-20-13-28-21(11-25(20)31-24)12-27(35)30-22-14-29-34(17-22)9-10-37-3/h4-8,11,13-14,17-19H,9-10,12,15-16H2,1-3H3,(H,30,35). The van der Waals surface area contributed by atoms with E-state index in [-0.39, 0.29) is 24.5 Å². The van der Waals surface area contributed by atoms with Crippen molar-refractivity contribution in [3.8, 4) is 11.4 Å². The monoisotopic (exact) mass is 517 g/mol. The fraction of sp³-hybridized carbons (Fsp3) is 0.370. The predicted molar refractivity (Wildman–Crippen MR) is 148 cm³/mol. The molecule has 37 heavy (non-hydrogen) atoms. The maximum atomic E-state index is 12.6. The number of hydrogen-bond donors (Lipinski definition) is 1. The van der Waals surface area contributed by atoms with Crippen LogP contribution in [0.15, 0.2) is 55.0 Å². The molecule has 0 aromatic carbocycles. The van der Waals surface area contributed by atoms with Crippen molar-refractivity contribution in [3.05, 3.63) is 60.7 Å². The summed E-state index contributed by atoms with van der Waals surface area (Å²) in [5.74, 6) is 1.75. The van der Waals surface area contributed by atoms with Crippen LogP contribution in [0.4, 0.5) is 11.5 Å². The molecular formula is C27H31N7O2S. The van der Waals surface area contributed by atoms with E-state index in [1.165, 1.54) is 0 Å². The fourth-order valence-corrected chi connectivity index (χ4v) is 4.88. The largest absolute Gasteiger partial charge is 0.372 e. The Morgan fingerprint density at radius 1 is 1.11 bits per heavy atom. The third-order valence-electron chi connectivity index (χ3n) is 6.15. The summed E-state index contributed by atoms with van der Waals surface area (Å²) in [5.41, 5.74) is 3.70. The average molecular weight is 518 g/mol. The number of morpholine rings is 1. The molecule has 0 aliphatic carbocycles. The molecule has 4 aromatic rings. The number of nitrogens with one attached hydrogen (secondary N) is 1. The van der Waals surface area contributed by atoms with Crippen molar-refractivity contribution < 1.29 is 9.53 Å². The molecule has 1 aliphatic heterocycles. The van der Waals surface area contributed by atoms with Gasteiger partial charge in [0, 0.05) is 36.6 Å².